The van der Waals surface area contributed by atoms with Gasteiger partial charge in [-0.05, 0) is 24.6 Å². The maximum absolute atomic E-state index is 12.3. The molecule has 3 nitrogen and oxygen atoms in total. The third-order valence-corrected chi connectivity index (χ3v) is 2.27. The molecule has 0 spiro atoms. The smallest absolute Gasteiger partial charge is 0.407 e. The first-order valence-electron chi connectivity index (χ1n) is 4.98. The average molecular weight is 254 g/mol. The van der Waals surface area contributed by atoms with Crippen molar-refractivity contribution in [1.82, 2.24) is 0 Å². The summed E-state index contributed by atoms with van der Waals surface area (Å²) >= 11 is 0. The zero-order chi connectivity index (χ0) is 13.8. The molecule has 0 aliphatic carbocycles. The minimum absolute atomic E-state index is 0.179. The van der Waals surface area contributed by atoms with Gasteiger partial charge in [0.05, 0.1) is 17.7 Å². The Morgan fingerprint density at radius 2 is 2.00 bits per heavy atom. The summed E-state index contributed by atoms with van der Waals surface area (Å²) in [6.07, 6.45) is -4.62. The predicted octanol–water partition coefficient (Wildman–Crippen LogP) is 2.95. The van der Waals surface area contributed by atoms with Gasteiger partial charge in [0.15, 0.2) is 5.92 Å². The number of nitrogens with zero attached hydrogens (tertiary/aromatic N) is 2. The van der Waals surface area contributed by atoms with Crippen molar-refractivity contribution < 1.29 is 17.9 Å². The Labute approximate surface area is 102 Å². The fourth-order valence-corrected chi connectivity index (χ4v) is 1.20. The van der Waals surface area contributed by atoms with E-state index in [2.05, 4.69) is 0 Å². The summed E-state index contributed by atoms with van der Waals surface area (Å²) in [7, 11) is 0. The molecule has 18 heavy (non-hydrogen) atoms. The first kappa shape index (κ1) is 13.9. The molecule has 1 aromatic rings. The van der Waals surface area contributed by atoms with Gasteiger partial charge in [-0.1, -0.05) is 6.07 Å². The molecule has 0 bridgehead atoms. The number of hydrogen-bond acceptors (Lipinski definition) is 3. The standard InChI is InChI=1S/C12H9F3N2O/c1-8-2-3-9(5-16)4-11(8)18-7-10(6-17)12(13,14)15/h2-4,10H,7H2,1H3. The van der Waals surface area contributed by atoms with Crippen molar-refractivity contribution >= 4 is 0 Å². The van der Waals surface area contributed by atoms with Crippen molar-refractivity contribution in [3.05, 3.63) is 29.3 Å². The normalized spacial score (nSPS) is 12.3. The van der Waals surface area contributed by atoms with Gasteiger partial charge < -0.3 is 4.74 Å². The number of alkyl halides is 3. The van der Waals surface area contributed by atoms with Gasteiger partial charge in [0.1, 0.15) is 12.4 Å². The molecule has 0 fully saturated rings. The lowest BCUT2D eigenvalue weighted by atomic mass is 10.1. The molecule has 0 radical (unpaired) electrons. The van der Waals surface area contributed by atoms with Gasteiger partial charge in [0.25, 0.3) is 0 Å². The highest BCUT2D eigenvalue weighted by molar-refractivity contribution is 5.41. The highest BCUT2D eigenvalue weighted by Gasteiger charge is 2.40. The Balaban J connectivity index is 2.81. The molecule has 0 N–H and O–H groups in total. The molecule has 1 aromatic carbocycles. The van der Waals surface area contributed by atoms with Crippen molar-refractivity contribution in [2.45, 2.75) is 13.1 Å². The first-order chi connectivity index (χ1) is 8.38. The number of ether oxygens (including phenoxy) is 1. The molecular formula is C12H9F3N2O. The van der Waals surface area contributed by atoms with Gasteiger partial charge in [-0.3, -0.25) is 0 Å². The fraction of sp³-hybridized carbons (Fsp3) is 0.333. The van der Waals surface area contributed by atoms with Crippen LogP contribution in [0.5, 0.6) is 5.75 Å². The Bertz CT molecular complexity index is 512. The van der Waals surface area contributed by atoms with Crippen LogP contribution < -0.4 is 4.74 Å². The van der Waals surface area contributed by atoms with E-state index in [4.69, 9.17) is 15.3 Å². The Hall–Kier alpha value is -2.21. The molecule has 0 aliphatic heterocycles. The van der Waals surface area contributed by atoms with Crippen LogP contribution in [-0.4, -0.2) is 12.8 Å². The molecule has 0 saturated heterocycles. The number of halogens is 3. The molecular weight excluding hydrogens is 245 g/mol. The lowest BCUT2D eigenvalue weighted by Crippen LogP contribution is -2.27. The summed E-state index contributed by atoms with van der Waals surface area (Å²) in [5.41, 5.74) is 0.893. The zero-order valence-electron chi connectivity index (χ0n) is 9.45. The van der Waals surface area contributed by atoms with Gasteiger partial charge in [0, 0.05) is 0 Å². The van der Waals surface area contributed by atoms with E-state index < -0.39 is 18.7 Å². The van der Waals surface area contributed by atoms with Crippen LogP contribution in [-0.2, 0) is 0 Å². The SMILES string of the molecule is Cc1ccc(C#N)cc1OCC(C#N)C(F)(F)F. The molecule has 0 aliphatic rings. The van der Waals surface area contributed by atoms with Crippen LogP contribution in [0.3, 0.4) is 0 Å². The first-order valence-corrected chi connectivity index (χ1v) is 4.98. The van der Waals surface area contributed by atoms with Crippen molar-refractivity contribution in [3.8, 4) is 17.9 Å². The second kappa shape index (κ2) is 5.42. The highest BCUT2D eigenvalue weighted by atomic mass is 19.4. The van der Waals surface area contributed by atoms with Crippen LogP contribution in [0.1, 0.15) is 11.1 Å². The molecule has 1 unspecified atom stereocenters. The van der Waals surface area contributed by atoms with Crippen LogP contribution in [0.15, 0.2) is 18.2 Å². The number of aryl methyl sites for hydroxylation is 1. The largest absolute Gasteiger partial charge is 0.492 e. The van der Waals surface area contributed by atoms with Crippen LogP contribution in [0, 0.1) is 35.5 Å². The summed E-state index contributed by atoms with van der Waals surface area (Å²) in [4.78, 5) is 0. The van der Waals surface area contributed by atoms with Crippen molar-refractivity contribution in [1.29, 1.82) is 10.5 Å². The molecule has 1 rings (SSSR count). The van der Waals surface area contributed by atoms with E-state index >= 15 is 0 Å². The molecule has 94 valence electrons. The summed E-state index contributed by atoms with van der Waals surface area (Å²) in [6, 6.07) is 7.46. The second-order valence-corrected chi connectivity index (χ2v) is 3.63. The summed E-state index contributed by atoms with van der Waals surface area (Å²) < 4.78 is 41.9. The monoisotopic (exact) mass is 254 g/mol. The van der Waals surface area contributed by atoms with Gasteiger partial charge in [0.2, 0.25) is 0 Å². The van der Waals surface area contributed by atoms with Gasteiger partial charge in [-0.2, -0.15) is 23.7 Å². The van der Waals surface area contributed by atoms with E-state index in [0.29, 0.717) is 5.56 Å². The Morgan fingerprint density at radius 3 is 2.50 bits per heavy atom. The van der Waals surface area contributed by atoms with Crippen LogP contribution in [0.4, 0.5) is 13.2 Å². The van der Waals surface area contributed by atoms with Crippen LogP contribution >= 0.6 is 0 Å². The lowest BCUT2D eigenvalue weighted by Gasteiger charge is -2.15. The quantitative estimate of drug-likeness (QED) is 0.833. The number of hydrogen-bond donors (Lipinski definition) is 0. The predicted molar refractivity (Wildman–Crippen MR) is 56.5 cm³/mol. The highest BCUT2D eigenvalue weighted by Crippen LogP contribution is 2.27. The summed E-state index contributed by atoms with van der Waals surface area (Å²) in [5, 5.41) is 17.1. The van der Waals surface area contributed by atoms with Crippen LogP contribution in [0.2, 0.25) is 0 Å². The Kier molecular flexibility index (Phi) is 4.17. The van der Waals surface area contributed by atoms with E-state index in [1.807, 2.05) is 6.07 Å². The van der Waals surface area contributed by atoms with Crippen molar-refractivity contribution in [2.24, 2.45) is 5.92 Å². The third-order valence-electron chi connectivity index (χ3n) is 2.27. The van der Waals surface area contributed by atoms with Gasteiger partial charge in [-0.15, -0.1) is 0 Å². The molecule has 0 aromatic heterocycles. The molecule has 0 heterocycles. The molecule has 0 amide bonds. The molecule has 6 heteroatoms. The molecule has 0 saturated carbocycles. The summed E-state index contributed by atoms with van der Waals surface area (Å²) in [5.74, 6) is -2.00. The number of benzene rings is 1. The maximum atomic E-state index is 12.3. The minimum atomic E-state index is -4.62. The fourth-order valence-electron chi connectivity index (χ4n) is 1.20. The third kappa shape index (κ3) is 3.39. The van der Waals surface area contributed by atoms with E-state index in [-0.39, 0.29) is 11.3 Å². The van der Waals surface area contributed by atoms with E-state index in [1.165, 1.54) is 12.1 Å². The topological polar surface area (TPSA) is 56.8 Å². The van der Waals surface area contributed by atoms with Gasteiger partial charge >= 0.3 is 6.18 Å². The summed E-state index contributed by atoms with van der Waals surface area (Å²) in [6.45, 7) is 0.862. The Morgan fingerprint density at radius 1 is 1.33 bits per heavy atom. The average Bonchev–Trinajstić information content (AvgIpc) is 2.30. The zero-order valence-corrected chi connectivity index (χ0v) is 9.45. The maximum Gasteiger partial charge on any atom is 0.407 e. The van der Waals surface area contributed by atoms with Crippen molar-refractivity contribution in [3.63, 3.8) is 0 Å². The number of rotatable bonds is 3. The lowest BCUT2D eigenvalue weighted by molar-refractivity contribution is -0.165. The van der Waals surface area contributed by atoms with E-state index in [0.717, 1.165) is 6.07 Å². The van der Waals surface area contributed by atoms with Gasteiger partial charge in [-0.25, -0.2) is 0 Å². The molecule has 1 atom stereocenters. The van der Waals surface area contributed by atoms with Crippen molar-refractivity contribution in [2.75, 3.05) is 6.61 Å². The number of nitriles is 2. The van der Waals surface area contributed by atoms with E-state index in [9.17, 15) is 13.2 Å². The van der Waals surface area contributed by atoms with Crippen LogP contribution in [0.25, 0.3) is 0 Å². The second-order valence-electron chi connectivity index (χ2n) is 3.63. The van der Waals surface area contributed by atoms with E-state index in [1.54, 1.807) is 13.0 Å². The minimum Gasteiger partial charge on any atom is -0.492 e.